The SMILES string of the molecule is CC1(c2cc(N)ccc2F)N=C(N)COCC1F. The number of hydrogen-bond donors (Lipinski definition) is 2. The minimum Gasteiger partial charge on any atom is -0.399 e. The molecular weight excluding hydrogens is 240 g/mol. The summed E-state index contributed by atoms with van der Waals surface area (Å²) in [4.78, 5) is 4.06. The maximum absolute atomic E-state index is 14.2. The number of ether oxygens (including phenoxy) is 1. The number of alkyl halides is 1. The van der Waals surface area contributed by atoms with Crippen molar-refractivity contribution in [2.24, 2.45) is 10.7 Å². The van der Waals surface area contributed by atoms with Crippen LogP contribution in [0.3, 0.4) is 0 Å². The number of nitrogens with zero attached hydrogens (tertiary/aromatic N) is 1. The Kier molecular flexibility index (Phi) is 3.21. The quantitative estimate of drug-likeness (QED) is 0.744. The Morgan fingerprint density at radius 3 is 2.89 bits per heavy atom. The van der Waals surface area contributed by atoms with Gasteiger partial charge in [-0.3, -0.25) is 4.99 Å². The van der Waals surface area contributed by atoms with Crippen LogP contribution in [0.4, 0.5) is 14.5 Å². The third kappa shape index (κ3) is 2.15. The predicted octanol–water partition coefficient (Wildman–Crippen LogP) is 1.35. The Morgan fingerprint density at radius 1 is 1.44 bits per heavy atom. The smallest absolute Gasteiger partial charge is 0.152 e. The molecule has 6 heteroatoms. The third-order valence-electron chi connectivity index (χ3n) is 3.04. The number of hydrogen-bond acceptors (Lipinski definition) is 4. The number of nitrogens with two attached hydrogens (primary N) is 2. The Morgan fingerprint density at radius 2 is 2.17 bits per heavy atom. The largest absolute Gasteiger partial charge is 0.399 e. The monoisotopic (exact) mass is 255 g/mol. The lowest BCUT2D eigenvalue weighted by molar-refractivity contribution is 0.0755. The standard InChI is InChI=1S/C12H15F2N3O/c1-12(8-4-7(15)2-3-9(8)13)10(14)5-18-6-11(16)17-12/h2-4,10H,5-6,15H2,1H3,(H2,16,17). The second kappa shape index (κ2) is 4.53. The van der Waals surface area contributed by atoms with Crippen molar-refractivity contribution in [2.45, 2.75) is 18.6 Å². The lowest BCUT2D eigenvalue weighted by Gasteiger charge is -2.28. The number of aliphatic imine (C=N–C) groups is 1. The lowest BCUT2D eigenvalue weighted by atomic mass is 9.87. The fraction of sp³-hybridized carbons (Fsp3) is 0.417. The molecule has 1 aliphatic rings. The molecule has 4 nitrogen and oxygen atoms in total. The van der Waals surface area contributed by atoms with Crippen molar-refractivity contribution in [1.82, 2.24) is 0 Å². The topological polar surface area (TPSA) is 73.6 Å². The van der Waals surface area contributed by atoms with E-state index in [1.54, 1.807) is 0 Å². The average molecular weight is 255 g/mol. The van der Waals surface area contributed by atoms with Crippen molar-refractivity contribution in [3.8, 4) is 0 Å². The van der Waals surface area contributed by atoms with Crippen LogP contribution in [0.25, 0.3) is 0 Å². The number of nitrogen functional groups attached to an aromatic ring is 1. The Balaban J connectivity index is 2.56. The molecular formula is C12H15F2N3O. The lowest BCUT2D eigenvalue weighted by Crippen LogP contribution is -2.35. The first-order valence-electron chi connectivity index (χ1n) is 5.55. The van der Waals surface area contributed by atoms with Gasteiger partial charge in [0.05, 0.1) is 6.61 Å². The molecule has 18 heavy (non-hydrogen) atoms. The van der Waals surface area contributed by atoms with E-state index >= 15 is 0 Å². The summed E-state index contributed by atoms with van der Waals surface area (Å²) in [5, 5.41) is 0. The van der Waals surface area contributed by atoms with E-state index in [0.29, 0.717) is 5.69 Å². The predicted molar refractivity (Wildman–Crippen MR) is 65.5 cm³/mol. The first kappa shape index (κ1) is 12.8. The molecule has 2 rings (SSSR count). The molecule has 0 aliphatic carbocycles. The van der Waals surface area contributed by atoms with Crippen LogP contribution < -0.4 is 11.5 Å². The molecule has 1 aliphatic heterocycles. The van der Waals surface area contributed by atoms with Crippen molar-refractivity contribution in [1.29, 1.82) is 0 Å². The average Bonchev–Trinajstić information content (AvgIpc) is 2.43. The number of benzene rings is 1. The van der Waals surface area contributed by atoms with E-state index in [9.17, 15) is 8.78 Å². The van der Waals surface area contributed by atoms with Gasteiger partial charge in [-0.1, -0.05) is 0 Å². The molecule has 0 bridgehead atoms. The van der Waals surface area contributed by atoms with Gasteiger partial charge in [-0.15, -0.1) is 0 Å². The highest BCUT2D eigenvalue weighted by molar-refractivity contribution is 5.82. The zero-order chi connectivity index (χ0) is 13.3. The maximum atomic E-state index is 14.2. The summed E-state index contributed by atoms with van der Waals surface area (Å²) >= 11 is 0. The number of anilines is 1. The molecule has 1 heterocycles. The van der Waals surface area contributed by atoms with Crippen molar-refractivity contribution in [3.05, 3.63) is 29.6 Å². The molecule has 0 amide bonds. The summed E-state index contributed by atoms with van der Waals surface area (Å²) in [7, 11) is 0. The summed E-state index contributed by atoms with van der Waals surface area (Å²) in [5.74, 6) is -0.424. The maximum Gasteiger partial charge on any atom is 0.152 e. The van der Waals surface area contributed by atoms with Crippen LogP contribution in [0.5, 0.6) is 0 Å². The van der Waals surface area contributed by atoms with Gasteiger partial charge in [0.15, 0.2) is 6.17 Å². The molecule has 98 valence electrons. The van der Waals surface area contributed by atoms with Gasteiger partial charge in [0, 0.05) is 11.3 Å². The fourth-order valence-corrected chi connectivity index (χ4v) is 1.99. The first-order valence-corrected chi connectivity index (χ1v) is 5.55. The Bertz CT molecular complexity index is 492. The van der Waals surface area contributed by atoms with Gasteiger partial charge in [-0.25, -0.2) is 8.78 Å². The summed E-state index contributed by atoms with van der Waals surface area (Å²) < 4.78 is 33.0. The number of rotatable bonds is 1. The Labute approximate surface area is 104 Å². The van der Waals surface area contributed by atoms with E-state index in [0.717, 1.165) is 0 Å². The van der Waals surface area contributed by atoms with Crippen molar-refractivity contribution >= 4 is 11.5 Å². The van der Waals surface area contributed by atoms with Gasteiger partial charge in [-0.2, -0.15) is 0 Å². The molecule has 4 N–H and O–H groups in total. The van der Waals surface area contributed by atoms with Gasteiger partial charge in [0.1, 0.15) is 23.8 Å². The van der Waals surface area contributed by atoms with E-state index in [2.05, 4.69) is 4.99 Å². The minimum atomic E-state index is -1.49. The molecule has 1 aromatic carbocycles. The molecule has 2 atom stereocenters. The van der Waals surface area contributed by atoms with E-state index in [1.165, 1.54) is 25.1 Å². The van der Waals surface area contributed by atoms with Crippen LogP contribution in [0.15, 0.2) is 23.2 Å². The molecule has 1 aromatic rings. The van der Waals surface area contributed by atoms with Crippen LogP contribution in [-0.4, -0.2) is 25.2 Å². The normalized spacial score (nSPS) is 28.6. The highest BCUT2D eigenvalue weighted by Gasteiger charge is 2.40. The van der Waals surface area contributed by atoms with Crippen LogP contribution in [0.1, 0.15) is 12.5 Å². The zero-order valence-corrected chi connectivity index (χ0v) is 9.99. The molecule has 0 radical (unpaired) electrons. The van der Waals surface area contributed by atoms with Crippen molar-refractivity contribution in [3.63, 3.8) is 0 Å². The van der Waals surface area contributed by atoms with Crippen LogP contribution in [0, 0.1) is 5.82 Å². The summed E-state index contributed by atoms with van der Waals surface area (Å²) in [6.45, 7) is 1.34. The zero-order valence-electron chi connectivity index (χ0n) is 9.99. The summed E-state index contributed by atoms with van der Waals surface area (Å²) in [6.07, 6.45) is -1.49. The summed E-state index contributed by atoms with van der Waals surface area (Å²) in [6, 6.07) is 3.99. The molecule has 0 aromatic heterocycles. The highest BCUT2D eigenvalue weighted by Crippen LogP contribution is 2.35. The van der Waals surface area contributed by atoms with E-state index in [1.807, 2.05) is 0 Å². The van der Waals surface area contributed by atoms with Crippen molar-refractivity contribution in [2.75, 3.05) is 18.9 Å². The molecule has 0 spiro atoms. The fourth-order valence-electron chi connectivity index (χ4n) is 1.99. The van der Waals surface area contributed by atoms with E-state index in [-0.39, 0.29) is 24.6 Å². The van der Waals surface area contributed by atoms with Crippen molar-refractivity contribution < 1.29 is 13.5 Å². The van der Waals surface area contributed by atoms with Crippen LogP contribution in [-0.2, 0) is 10.3 Å². The number of halogens is 2. The second-order valence-corrected chi connectivity index (χ2v) is 4.47. The van der Waals surface area contributed by atoms with Gasteiger partial charge in [0.25, 0.3) is 0 Å². The van der Waals surface area contributed by atoms with Crippen LogP contribution in [0.2, 0.25) is 0 Å². The molecule has 0 fully saturated rings. The van der Waals surface area contributed by atoms with Gasteiger partial charge in [-0.05, 0) is 25.1 Å². The molecule has 2 unspecified atom stereocenters. The number of amidine groups is 1. The molecule has 0 saturated heterocycles. The van der Waals surface area contributed by atoms with Gasteiger partial charge in [0.2, 0.25) is 0 Å². The van der Waals surface area contributed by atoms with E-state index in [4.69, 9.17) is 16.2 Å². The second-order valence-electron chi connectivity index (χ2n) is 4.47. The van der Waals surface area contributed by atoms with E-state index < -0.39 is 17.5 Å². The minimum absolute atomic E-state index is 0.0416. The van der Waals surface area contributed by atoms with Crippen LogP contribution >= 0.6 is 0 Å². The molecule has 0 saturated carbocycles. The highest BCUT2D eigenvalue weighted by atomic mass is 19.1. The summed E-state index contributed by atoms with van der Waals surface area (Å²) in [5.41, 5.74) is 10.2. The first-order chi connectivity index (χ1) is 8.43. The third-order valence-corrected chi connectivity index (χ3v) is 3.04. The van der Waals surface area contributed by atoms with Gasteiger partial charge < -0.3 is 16.2 Å². The Hall–Kier alpha value is -1.69. The van der Waals surface area contributed by atoms with Gasteiger partial charge >= 0.3 is 0 Å².